The van der Waals surface area contributed by atoms with Crippen LogP contribution >= 0.6 is 0 Å². The molecule has 0 aromatic heterocycles. The summed E-state index contributed by atoms with van der Waals surface area (Å²) in [5.41, 5.74) is 0.436. The number of benzene rings is 4. The molecule has 0 unspecified atom stereocenters. The van der Waals surface area contributed by atoms with Gasteiger partial charge in [-0.25, -0.2) is 30.7 Å². The third-order valence-electron chi connectivity index (χ3n) is 6.83. The van der Waals surface area contributed by atoms with Gasteiger partial charge in [0.2, 0.25) is 21.8 Å². The molecule has 1 aliphatic rings. The first-order valence-electron chi connectivity index (χ1n) is 15.5. The Morgan fingerprint density at radius 3 is 1.72 bits per heavy atom. The van der Waals surface area contributed by atoms with E-state index in [0.717, 1.165) is 25.2 Å². The Kier molecular flexibility index (Phi) is 16.1. The fraction of sp³-hybridized carbons (Fsp3) is 0.176. The van der Waals surface area contributed by atoms with Crippen LogP contribution in [0.1, 0.15) is 34.6 Å². The molecule has 0 saturated heterocycles. The van der Waals surface area contributed by atoms with Gasteiger partial charge < -0.3 is 36.7 Å². The molecule has 1 heterocycles. The maximum atomic E-state index is 12.3. The summed E-state index contributed by atoms with van der Waals surface area (Å²) in [5.74, 6) is -3.34. The normalized spacial score (nSPS) is 12.4. The molecular formula is C34H39N5O12S2. The number of phenolic OH excluding ortho intramolecular Hbond substituents is 2. The number of carbonyl (C=O) groups is 4. The molecule has 1 aliphatic heterocycles. The second-order valence-corrected chi connectivity index (χ2v) is 14.2. The zero-order valence-corrected chi connectivity index (χ0v) is 30.1. The Balaban J connectivity index is 0.000000320. The van der Waals surface area contributed by atoms with E-state index in [2.05, 4.69) is 29.8 Å². The molecule has 0 radical (unpaired) electrons. The number of anilines is 2. The first kappa shape index (κ1) is 43.3. The molecule has 0 saturated carbocycles. The molecule has 5 rings (SSSR count). The highest BCUT2D eigenvalue weighted by Gasteiger charge is 2.41. The summed E-state index contributed by atoms with van der Waals surface area (Å²) in [6.45, 7) is 5.20. The number of rotatable bonds is 11. The summed E-state index contributed by atoms with van der Waals surface area (Å²) in [7, 11) is -8.17. The van der Waals surface area contributed by atoms with Gasteiger partial charge in [-0.1, -0.05) is 38.1 Å². The summed E-state index contributed by atoms with van der Waals surface area (Å²) < 4.78 is 51.6. The van der Waals surface area contributed by atoms with Crippen LogP contribution in [-0.2, 0) is 29.6 Å². The van der Waals surface area contributed by atoms with Crippen LogP contribution in [0.15, 0.2) is 107 Å². The molecular weight excluding hydrogens is 735 g/mol. The molecule has 0 aliphatic carbocycles. The van der Waals surface area contributed by atoms with Gasteiger partial charge in [-0.3, -0.25) is 14.4 Å². The molecule has 284 valence electrons. The highest BCUT2D eigenvalue weighted by Crippen LogP contribution is 2.29. The van der Waals surface area contributed by atoms with Gasteiger partial charge in [-0.15, -0.1) is 0 Å². The number of aromatic carboxylic acids is 1. The van der Waals surface area contributed by atoms with Crippen molar-refractivity contribution < 1.29 is 56.8 Å². The molecule has 4 aromatic carbocycles. The Morgan fingerprint density at radius 2 is 1.23 bits per heavy atom. The van der Waals surface area contributed by atoms with Crippen molar-refractivity contribution in [2.24, 2.45) is 0 Å². The van der Waals surface area contributed by atoms with Crippen molar-refractivity contribution >= 4 is 55.1 Å². The van der Waals surface area contributed by atoms with Crippen LogP contribution in [0, 0.1) is 0 Å². The van der Waals surface area contributed by atoms with Gasteiger partial charge in [0.05, 0.1) is 22.6 Å². The van der Waals surface area contributed by atoms with Crippen molar-refractivity contribution in [1.29, 1.82) is 0 Å². The summed E-state index contributed by atoms with van der Waals surface area (Å²) in [6.07, 6.45) is 0. The fourth-order valence-corrected chi connectivity index (χ4v) is 7.08. The predicted molar refractivity (Wildman–Crippen MR) is 195 cm³/mol. The lowest BCUT2D eigenvalue weighted by atomic mass is 10.2. The molecule has 0 spiro atoms. The summed E-state index contributed by atoms with van der Waals surface area (Å²) in [4.78, 5) is 46.5. The highest BCUT2D eigenvalue weighted by molar-refractivity contribution is 7.90. The van der Waals surface area contributed by atoms with E-state index in [4.69, 9.17) is 10.2 Å². The lowest BCUT2D eigenvalue weighted by molar-refractivity contribution is -0.116. The predicted octanol–water partition coefficient (Wildman–Crippen LogP) is 1.97. The van der Waals surface area contributed by atoms with Crippen molar-refractivity contribution in [1.82, 2.24) is 14.3 Å². The minimum atomic E-state index is -4.16. The van der Waals surface area contributed by atoms with E-state index in [1.54, 1.807) is 6.07 Å². The van der Waals surface area contributed by atoms with E-state index in [1.807, 2.05) is 4.72 Å². The van der Waals surface area contributed by atoms with Gasteiger partial charge in [0.15, 0.2) is 0 Å². The van der Waals surface area contributed by atoms with Crippen LogP contribution in [0.3, 0.4) is 0 Å². The van der Waals surface area contributed by atoms with Gasteiger partial charge in [-0.05, 0) is 85.9 Å². The number of hydrogen-bond acceptors (Lipinski definition) is 11. The largest absolute Gasteiger partial charge is 0.508 e. The van der Waals surface area contributed by atoms with E-state index in [9.17, 15) is 41.1 Å². The van der Waals surface area contributed by atoms with Crippen molar-refractivity contribution in [3.05, 3.63) is 108 Å². The molecule has 53 heavy (non-hydrogen) atoms. The number of carbonyl (C=O) groups excluding carboxylic acids is 3. The van der Waals surface area contributed by atoms with Crippen molar-refractivity contribution in [2.75, 3.05) is 36.8 Å². The Bertz CT molecular complexity index is 2110. The third-order valence-corrected chi connectivity index (χ3v) is 10.1. The average molecular weight is 774 g/mol. The zero-order valence-electron chi connectivity index (χ0n) is 28.4. The molecule has 19 heteroatoms. The van der Waals surface area contributed by atoms with Crippen molar-refractivity contribution in [3.8, 4) is 11.5 Å². The SMILES string of the molecule is CCNCC.O.O=C(CN1C(=O)c2ccccc2S1(=O)=O)Nc1ccc(O)cc1.O=C(CNS(=O)(=O)c1ccccc1C(=O)O)Nc1ccc(O)cc1. The maximum Gasteiger partial charge on any atom is 0.337 e. The number of nitrogens with zero attached hydrogens (tertiary/aromatic N) is 1. The lowest BCUT2D eigenvalue weighted by Crippen LogP contribution is -2.37. The lowest BCUT2D eigenvalue weighted by Gasteiger charge is -2.14. The summed E-state index contributed by atoms with van der Waals surface area (Å²) in [6, 6.07) is 22.2. The number of aromatic hydroxyl groups is 2. The van der Waals surface area contributed by atoms with E-state index in [1.165, 1.54) is 78.9 Å². The van der Waals surface area contributed by atoms with Crippen molar-refractivity contribution in [3.63, 3.8) is 0 Å². The second-order valence-electron chi connectivity index (χ2n) is 10.6. The Morgan fingerprint density at radius 1 is 0.736 bits per heavy atom. The topological polar surface area (TPSA) is 280 Å². The van der Waals surface area contributed by atoms with Gasteiger partial charge >= 0.3 is 5.97 Å². The first-order chi connectivity index (χ1) is 24.6. The summed E-state index contributed by atoms with van der Waals surface area (Å²) >= 11 is 0. The molecule has 9 N–H and O–H groups in total. The molecule has 3 amide bonds. The van der Waals surface area contributed by atoms with Crippen LogP contribution in [0.25, 0.3) is 0 Å². The molecule has 0 atom stereocenters. The maximum absolute atomic E-state index is 12.3. The number of carboxylic acids is 1. The Hall–Kier alpha value is -5.86. The molecule has 4 aromatic rings. The first-order valence-corrected chi connectivity index (χ1v) is 18.4. The molecule has 0 bridgehead atoms. The van der Waals surface area contributed by atoms with Crippen LogP contribution in [0.2, 0.25) is 0 Å². The third kappa shape index (κ3) is 12.1. The number of carboxylic acid groups (broad SMARTS) is 1. The van der Waals surface area contributed by atoms with Crippen LogP contribution in [0.4, 0.5) is 11.4 Å². The van der Waals surface area contributed by atoms with E-state index >= 15 is 0 Å². The van der Waals surface area contributed by atoms with E-state index in [-0.39, 0.29) is 33.0 Å². The number of fused-ring (bicyclic) bond motifs is 1. The Labute approximate surface area is 305 Å². The van der Waals surface area contributed by atoms with Gasteiger partial charge in [0.1, 0.15) is 22.9 Å². The molecule has 0 fully saturated rings. The smallest absolute Gasteiger partial charge is 0.337 e. The van der Waals surface area contributed by atoms with Gasteiger partial charge in [0, 0.05) is 11.4 Å². The summed E-state index contributed by atoms with van der Waals surface area (Å²) in [5, 5.41) is 35.4. The highest BCUT2D eigenvalue weighted by atomic mass is 32.2. The number of amides is 3. The van der Waals surface area contributed by atoms with E-state index in [0.29, 0.717) is 15.7 Å². The quantitative estimate of drug-likeness (QED) is 0.108. The van der Waals surface area contributed by atoms with Crippen LogP contribution in [-0.4, -0.2) is 91.8 Å². The van der Waals surface area contributed by atoms with Gasteiger partial charge in [-0.2, -0.15) is 0 Å². The van der Waals surface area contributed by atoms with Crippen LogP contribution < -0.4 is 20.7 Å². The minimum Gasteiger partial charge on any atom is -0.508 e. The van der Waals surface area contributed by atoms with Crippen LogP contribution in [0.5, 0.6) is 11.5 Å². The minimum absolute atomic E-state index is 0. The average Bonchev–Trinajstić information content (AvgIpc) is 3.30. The number of sulfonamides is 2. The number of phenols is 2. The number of hydrogen-bond donors (Lipinski definition) is 7. The second kappa shape index (κ2) is 19.7. The zero-order chi connectivity index (χ0) is 38.5. The fourth-order valence-electron chi connectivity index (χ4n) is 4.38. The van der Waals surface area contributed by atoms with Crippen molar-refractivity contribution in [2.45, 2.75) is 23.6 Å². The van der Waals surface area contributed by atoms with E-state index < -0.39 is 61.7 Å². The standard InChI is InChI=1S/C15H14N2O6S.C15H12N2O5S.C4H11N.H2O/c18-11-7-5-10(6-8-11)17-14(19)9-16-24(22,23)13-4-2-1-3-12(13)15(20)21;18-11-7-5-10(6-8-11)16-14(19)9-17-15(20)12-3-1-2-4-13(12)23(17,21)22;1-3-5-4-2;/h1-8,16,18H,9H2,(H,17,19)(H,20,21);1-8,18H,9H2,(H,16,19);5H,3-4H2,1-2H3;1H2. The molecule has 17 nitrogen and oxygen atoms in total. The van der Waals surface area contributed by atoms with Gasteiger partial charge in [0.25, 0.3) is 15.9 Å². The monoisotopic (exact) mass is 773 g/mol. The number of nitrogens with one attached hydrogen (secondary N) is 4.